The third kappa shape index (κ3) is 5.34. The van der Waals surface area contributed by atoms with E-state index in [1.54, 1.807) is 12.1 Å². The molecular weight excluding hydrogens is 445 g/mol. The van der Waals surface area contributed by atoms with Crippen LogP contribution in [0.4, 0.5) is 4.39 Å². The fraction of sp³-hybridized carbons (Fsp3) is 0.429. The molecule has 2 aliphatic rings. The molecule has 0 spiro atoms. The average molecular weight is 478 g/mol. The summed E-state index contributed by atoms with van der Waals surface area (Å²) >= 11 is 0. The molecule has 2 heterocycles. The number of hydrogen-bond acceptors (Lipinski definition) is 4. The number of aromatic amines is 1. The summed E-state index contributed by atoms with van der Waals surface area (Å²) in [5, 5.41) is 10.3. The van der Waals surface area contributed by atoms with Gasteiger partial charge in [-0.05, 0) is 82.2 Å². The highest BCUT2D eigenvalue weighted by molar-refractivity contribution is 5.79. The van der Waals surface area contributed by atoms with Crippen LogP contribution >= 0.6 is 0 Å². The molecule has 184 valence electrons. The first-order valence-electron chi connectivity index (χ1n) is 12.5. The topological polar surface area (TPSA) is 76.2 Å². The van der Waals surface area contributed by atoms with E-state index in [0.29, 0.717) is 12.0 Å². The molecule has 1 aromatic heterocycles. The molecule has 6 nitrogen and oxygen atoms in total. The number of carbonyl (C=O) groups is 1. The predicted molar refractivity (Wildman–Crippen MR) is 131 cm³/mol. The van der Waals surface area contributed by atoms with Crippen LogP contribution in [0.1, 0.15) is 66.3 Å². The lowest BCUT2D eigenvalue weighted by Gasteiger charge is -2.30. The number of H-pyrrole nitrogens is 1. The van der Waals surface area contributed by atoms with Crippen LogP contribution in [0.2, 0.25) is 0 Å². The maximum absolute atomic E-state index is 14.2. The van der Waals surface area contributed by atoms with Gasteiger partial charge in [-0.15, -0.1) is 0 Å². The van der Waals surface area contributed by atoms with Crippen molar-refractivity contribution in [2.75, 3.05) is 0 Å². The number of fused-ring (bicyclic) bond motifs is 1. The van der Waals surface area contributed by atoms with Crippen molar-refractivity contribution in [2.24, 2.45) is 0 Å². The van der Waals surface area contributed by atoms with Gasteiger partial charge in [-0.1, -0.05) is 18.2 Å². The smallest absolute Gasteiger partial charge is 0.224 e. The van der Waals surface area contributed by atoms with Gasteiger partial charge in [-0.2, -0.15) is 5.10 Å². The van der Waals surface area contributed by atoms with Crippen LogP contribution in [0.5, 0.6) is 11.5 Å². The number of rotatable bonds is 6. The normalized spacial score (nSPS) is 21.6. The number of nitrogens with zero attached hydrogens (tertiary/aromatic N) is 1. The minimum Gasteiger partial charge on any atom is -0.490 e. The van der Waals surface area contributed by atoms with E-state index < -0.39 is 0 Å². The summed E-state index contributed by atoms with van der Waals surface area (Å²) in [6.45, 7) is 3.86. The number of carbonyl (C=O) groups excluding carboxylic acids is 1. The van der Waals surface area contributed by atoms with E-state index in [-0.39, 0.29) is 30.0 Å². The molecule has 1 aliphatic carbocycles. The highest BCUT2D eigenvalue weighted by Gasteiger charge is 2.26. The number of aromatic nitrogens is 2. The van der Waals surface area contributed by atoms with Crippen molar-refractivity contribution >= 4 is 5.91 Å². The van der Waals surface area contributed by atoms with Gasteiger partial charge < -0.3 is 14.8 Å². The van der Waals surface area contributed by atoms with Crippen LogP contribution in [-0.2, 0) is 17.6 Å². The number of halogens is 1. The van der Waals surface area contributed by atoms with Crippen LogP contribution in [0.3, 0.4) is 0 Å². The highest BCUT2D eigenvalue weighted by Crippen LogP contribution is 2.38. The van der Waals surface area contributed by atoms with Crippen molar-refractivity contribution in [3.05, 3.63) is 76.4 Å². The van der Waals surface area contributed by atoms with Crippen LogP contribution in [0, 0.1) is 19.7 Å². The SMILES string of the molecule is Cc1n[nH]c(C)c1CC(=O)N[C@H]1CC[C@H](Oc2ccc3c(c2)CCC(c2ccccc2F)O3)CC1. The van der Waals surface area contributed by atoms with Crippen molar-refractivity contribution < 1.29 is 18.7 Å². The molecule has 0 saturated heterocycles. The molecule has 1 aliphatic heterocycles. The molecule has 0 bridgehead atoms. The Bertz CT molecular complexity index is 1180. The Hall–Kier alpha value is -3.35. The summed E-state index contributed by atoms with van der Waals surface area (Å²) in [6.07, 6.45) is 5.39. The Morgan fingerprint density at radius 1 is 1.14 bits per heavy atom. The minimum absolute atomic E-state index is 0.0466. The second-order valence-electron chi connectivity index (χ2n) is 9.68. The van der Waals surface area contributed by atoms with Crippen LogP contribution in [-0.4, -0.2) is 28.3 Å². The first-order valence-corrected chi connectivity index (χ1v) is 12.5. The van der Waals surface area contributed by atoms with E-state index in [1.165, 1.54) is 6.07 Å². The Kier molecular flexibility index (Phi) is 6.75. The molecule has 1 amide bonds. The highest BCUT2D eigenvalue weighted by atomic mass is 19.1. The standard InChI is InChI=1S/C28H32FN3O3/c1-17-24(18(2)32-31-17)16-28(33)30-20-8-10-21(11-9-20)34-22-12-14-26-19(15-22)7-13-27(35-26)23-5-3-4-6-25(23)29/h3-6,12,14-15,20-21,27H,7-11,13,16H2,1-2H3,(H,30,33)(H,31,32)/t20-,21-,27?. The fourth-order valence-corrected chi connectivity index (χ4v) is 5.18. The first kappa shape index (κ1) is 23.4. The van der Waals surface area contributed by atoms with Gasteiger partial charge in [0.25, 0.3) is 0 Å². The zero-order chi connectivity index (χ0) is 24.4. The van der Waals surface area contributed by atoms with E-state index in [9.17, 15) is 9.18 Å². The molecule has 1 saturated carbocycles. The van der Waals surface area contributed by atoms with Crippen molar-refractivity contribution in [1.82, 2.24) is 15.5 Å². The Morgan fingerprint density at radius 2 is 1.94 bits per heavy atom. The summed E-state index contributed by atoms with van der Waals surface area (Å²) in [7, 11) is 0. The molecule has 35 heavy (non-hydrogen) atoms. The Balaban J connectivity index is 1.11. The maximum Gasteiger partial charge on any atom is 0.224 e. The predicted octanol–water partition coefficient (Wildman–Crippen LogP) is 5.28. The number of benzene rings is 2. The number of ether oxygens (including phenoxy) is 2. The summed E-state index contributed by atoms with van der Waals surface area (Å²) in [6, 6.07) is 12.9. The molecule has 1 atom stereocenters. The monoisotopic (exact) mass is 477 g/mol. The summed E-state index contributed by atoms with van der Waals surface area (Å²) in [5.41, 5.74) is 4.52. The van der Waals surface area contributed by atoms with E-state index in [2.05, 4.69) is 21.6 Å². The Morgan fingerprint density at radius 3 is 2.69 bits per heavy atom. The molecule has 2 N–H and O–H groups in total. The van der Waals surface area contributed by atoms with Crippen molar-refractivity contribution in [3.8, 4) is 11.5 Å². The van der Waals surface area contributed by atoms with Crippen molar-refractivity contribution in [1.29, 1.82) is 0 Å². The number of amides is 1. The number of nitrogens with one attached hydrogen (secondary N) is 2. The van der Waals surface area contributed by atoms with Gasteiger partial charge in [0, 0.05) is 22.9 Å². The zero-order valence-electron chi connectivity index (χ0n) is 20.3. The molecule has 1 unspecified atom stereocenters. The minimum atomic E-state index is -0.262. The van der Waals surface area contributed by atoms with Gasteiger partial charge >= 0.3 is 0 Å². The van der Waals surface area contributed by atoms with Gasteiger partial charge in [-0.25, -0.2) is 4.39 Å². The van der Waals surface area contributed by atoms with Gasteiger partial charge in [0.15, 0.2) is 0 Å². The lowest BCUT2D eigenvalue weighted by Crippen LogP contribution is -2.40. The van der Waals surface area contributed by atoms with Crippen LogP contribution < -0.4 is 14.8 Å². The number of hydrogen-bond donors (Lipinski definition) is 2. The molecular formula is C28H32FN3O3. The molecule has 3 aromatic rings. The first-order chi connectivity index (χ1) is 17.0. The van der Waals surface area contributed by atoms with Crippen molar-refractivity contribution in [2.45, 2.75) is 77.0 Å². The van der Waals surface area contributed by atoms with E-state index in [1.807, 2.05) is 32.0 Å². The summed E-state index contributed by atoms with van der Waals surface area (Å²) in [4.78, 5) is 12.5. The fourth-order valence-electron chi connectivity index (χ4n) is 5.18. The maximum atomic E-state index is 14.2. The number of aryl methyl sites for hydroxylation is 3. The third-order valence-electron chi connectivity index (χ3n) is 7.19. The molecule has 7 heteroatoms. The lowest BCUT2D eigenvalue weighted by atomic mass is 9.92. The van der Waals surface area contributed by atoms with Crippen molar-refractivity contribution in [3.63, 3.8) is 0 Å². The molecule has 0 radical (unpaired) electrons. The van der Waals surface area contributed by atoms with Gasteiger partial charge in [0.1, 0.15) is 23.4 Å². The van der Waals surface area contributed by atoms with Gasteiger partial charge in [0.2, 0.25) is 5.91 Å². The van der Waals surface area contributed by atoms with E-state index >= 15 is 0 Å². The van der Waals surface area contributed by atoms with E-state index in [4.69, 9.17) is 9.47 Å². The van der Waals surface area contributed by atoms with Gasteiger partial charge in [0.05, 0.1) is 18.2 Å². The van der Waals surface area contributed by atoms with Gasteiger partial charge in [-0.3, -0.25) is 9.89 Å². The lowest BCUT2D eigenvalue weighted by molar-refractivity contribution is -0.121. The average Bonchev–Trinajstić information content (AvgIpc) is 3.17. The second-order valence-corrected chi connectivity index (χ2v) is 9.68. The second kappa shape index (κ2) is 10.1. The molecule has 1 fully saturated rings. The molecule has 2 aromatic carbocycles. The quantitative estimate of drug-likeness (QED) is 0.506. The van der Waals surface area contributed by atoms with E-state index in [0.717, 1.165) is 72.5 Å². The Labute approximate surface area is 205 Å². The summed E-state index contributed by atoms with van der Waals surface area (Å²) < 4.78 is 26.5. The molecule has 5 rings (SSSR count). The van der Waals surface area contributed by atoms with Crippen LogP contribution in [0.25, 0.3) is 0 Å². The van der Waals surface area contributed by atoms with Crippen LogP contribution in [0.15, 0.2) is 42.5 Å². The third-order valence-corrected chi connectivity index (χ3v) is 7.19. The summed E-state index contributed by atoms with van der Waals surface area (Å²) in [5.74, 6) is 1.46. The largest absolute Gasteiger partial charge is 0.490 e. The zero-order valence-corrected chi connectivity index (χ0v) is 20.3.